The summed E-state index contributed by atoms with van der Waals surface area (Å²) in [4.78, 5) is 27.6. The monoisotopic (exact) mass is 259 g/mol. The minimum Gasteiger partial charge on any atom is -0.478 e. The number of sulfonamides is 1. The fraction of sp³-hybridized carbons (Fsp3) is 0.111. The summed E-state index contributed by atoms with van der Waals surface area (Å²) >= 11 is 0. The minimum absolute atomic E-state index is 0.0117. The van der Waals surface area contributed by atoms with Crippen molar-refractivity contribution in [2.75, 3.05) is 6.26 Å². The molecule has 0 saturated heterocycles. The highest BCUT2D eigenvalue weighted by atomic mass is 32.2. The third-order valence-electron chi connectivity index (χ3n) is 1.65. The second-order valence-corrected chi connectivity index (χ2v) is 4.84. The van der Waals surface area contributed by atoms with Crippen LogP contribution in [0.15, 0.2) is 24.3 Å². The van der Waals surface area contributed by atoms with Gasteiger partial charge in [-0.2, -0.15) is 0 Å². The Kier molecular flexibility index (Phi) is 3.81. The average molecular weight is 259 g/mol. The van der Waals surface area contributed by atoms with Crippen LogP contribution < -0.4 is 4.89 Å². The molecule has 0 atom stereocenters. The van der Waals surface area contributed by atoms with Crippen molar-refractivity contribution in [3.63, 3.8) is 0 Å². The largest absolute Gasteiger partial charge is 0.478 e. The van der Waals surface area contributed by atoms with Gasteiger partial charge in [0.15, 0.2) is 0 Å². The number of benzene rings is 1. The van der Waals surface area contributed by atoms with E-state index in [0.29, 0.717) is 0 Å². The molecule has 2 N–H and O–H groups in total. The van der Waals surface area contributed by atoms with Crippen molar-refractivity contribution in [3.05, 3.63) is 35.4 Å². The van der Waals surface area contributed by atoms with E-state index in [0.717, 1.165) is 6.26 Å². The smallest absolute Gasteiger partial charge is 0.357 e. The van der Waals surface area contributed by atoms with Crippen molar-refractivity contribution >= 4 is 22.0 Å². The SMILES string of the molecule is CS(=O)(=O)NOC(=O)c1ccc(C(=O)O)cc1. The van der Waals surface area contributed by atoms with Gasteiger partial charge < -0.3 is 9.94 Å². The summed E-state index contributed by atoms with van der Waals surface area (Å²) < 4.78 is 21.3. The van der Waals surface area contributed by atoms with Crippen LogP contribution in [0, 0.1) is 0 Å². The first-order valence-electron chi connectivity index (χ1n) is 4.31. The molecule has 0 radical (unpaired) electrons. The van der Waals surface area contributed by atoms with Gasteiger partial charge in [-0.05, 0) is 29.2 Å². The van der Waals surface area contributed by atoms with Crippen LogP contribution in [0.5, 0.6) is 0 Å². The number of rotatable bonds is 4. The maximum absolute atomic E-state index is 11.3. The molecule has 0 amide bonds. The maximum atomic E-state index is 11.3. The Bertz CT molecular complexity index is 533. The lowest BCUT2D eigenvalue weighted by Gasteiger charge is -2.03. The van der Waals surface area contributed by atoms with Gasteiger partial charge in [-0.1, -0.05) is 0 Å². The standard InChI is InChI=1S/C9H9NO6S/c1-17(14,15)10-16-9(13)7-4-2-6(3-5-7)8(11)12/h2-5,10H,1H3,(H,11,12). The van der Waals surface area contributed by atoms with Crippen LogP contribution in [-0.4, -0.2) is 31.7 Å². The van der Waals surface area contributed by atoms with Gasteiger partial charge in [0, 0.05) is 0 Å². The van der Waals surface area contributed by atoms with E-state index >= 15 is 0 Å². The first-order chi connectivity index (χ1) is 7.79. The van der Waals surface area contributed by atoms with Gasteiger partial charge in [-0.15, -0.1) is 0 Å². The topological polar surface area (TPSA) is 110 Å². The first-order valence-corrected chi connectivity index (χ1v) is 6.20. The molecular weight excluding hydrogens is 250 g/mol. The van der Waals surface area contributed by atoms with Gasteiger partial charge in [-0.3, -0.25) is 0 Å². The molecule has 0 spiro atoms. The van der Waals surface area contributed by atoms with Crippen LogP contribution in [0.4, 0.5) is 0 Å². The molecule has 0 aliphatic rings. The lowest BCUT2D eigenvalue weighted by atomic mass is 10.1. The number of carbonyl (C=O) groups is 2. The minimum atomic E-state index is -3.64. The van der Waals surface area contributed by atoms with Gasteiger partial charge >= 0.3 is 11.9 Å². The Morgan fingerprint density at radius 3 is 2.06 bits per heavy atom. The van der Waals surface area contributed by atoms with E-state index in [1.165, 1.54) is 24.3 Å². The van der Waals surface area contributed by atoms with Crippen molar-refractivity contribution in [3.8, 4) is 0 Å². The highest BCUT2D eigenvalue weighted by molar-refractivity contribution is 7.88. The molecule has 0 heterocycles. The zero-order chi connectivity index (χ0) is 13.1. The molecule has 0 unspecified atom stereocenters. The number of aromatic carboxylic acids is 1. The predicted molar refractivity (Wildman–Crippen MR) is 56.8 cm³/mol. The maximum Gasteiger partial charge on any atom is 0.357 e. The van der Waals surface area contributed by atoms with Gasteiger partial charge in [0.2, 0.25) is 10.0 Å². The van der Waals surface area contributed by atoms with Crippen LogP contribution in [0.2, 0.25) is 0 Å². The zero-order valence-electron chi connectivity index (χ0n) is 8.71. The molecule has 1 aromatic carbocycles. The van der Waals surface area contributed by atoms with Crippen LogP contribution in [0.1, 0.15) is 20.7 Å². The average Bonchev–Trinajstić information content (AvgIpc) is 2.25. The zero-order valence-corrected chi connectivity index (χ0v) is 9.52. The second-order valence-electron chi connectivity index (χ2n) is 3.13. The predicted octanol–water partition coefficient (Wildman–Crippen LogP) is 0.00580. The van der Waals surface area contributed by atoms with E-state index < -0.39 is 22.0 Å². The lowest BCUT2D eigenvalue weighted by molar-refractivity contribution is 0.0408. The summed E-state index contributed by atoms with van der Waals surface area (Å²) in [6, 6.07) is 4.85. The summed E-state index contributed by atoms with van der Waals surface area (Å²) in [7, 11) is -3.64. The number of carboxylic acid groups (broad SMARTS) is 1. The third-order valence-corrected chi connectivity index (χ3v) is 2.04. The van der Waals surface area contributed by atoms with Crippen molar-refractivity contribution in [1.29, 1.82) is 0 Å². The Labute approximate surface area is 97.0 Å². The molecule has 7 nitrogen and oxygen atoms in total. The highest BCUT2D eigenvalue weighted by Gasteiger charge is 2.11. The summed E-state index contributed by atoms with van der Waals surface area (Å²) in [5.74, 6) is -2.05. The van der Waals surface area contributed by atoms with Crippen LogP contribution in [0.3, 0.4) is 0 Å². The van der Waals surface area contributed by atoms with E-state index in [2.05, 4.69) is 4.84 Å². The number of carbonyl (C=O) groups excluding carboxylic acids is 1. The molecule has 0 bridgehead atoms. The van der Waals surface area contributed by atoms with Gasteiger partial charge in [0.25, 0.3) is 0 Å². The molecule has 1 rings (SSSR count). The highest BCUT2D eigenvalue weighted by Crippen LogP contribution is 2.05. The number of nitrogens with one attached hydrogen (secondary N) is 1. The number of carboxylic acids is 1. The second kappa shape index (κ2) is 4.93. The van der Waals surface area contributed by atoms with Crippen molar-refractivity contribution in [2.24, 2.45) is 0 Å². The van der Waals surface area contributed by atoms with Gasteiger partial charge in [-0.25, -0.2) is 18.0 Å². The number of hydrogen-bond donors (Lipinski definition) is 2. The van der Waals surface area contributed by atoms with Crippen molar-refractivity contribution in [2.45, 2.75) is 0 Å². The summed E-state index contributed by atoms with van der Waals surface area (Å²) in [5, 5.41) is 8.62. The molecule has 0 aliphatic carbocycles. The van der Waals surface area contributed by atoms with E-state index in [1.807, 2.05) is 0 Å². The van der Waals surface area contributed by atoms with E-state index in [9.17, 15) is 18.0 Å². The van der Waals surface area contributed by atoms with Crippen LogP contribution in [0.25, 0.3) is 0 Å². The Hall–Kier alpha value is -1.93. The molecule has 0 saturated carbocycles. The quantitative estimate of drug-likeness (QED) is 0.737. The molecule has 0 aliphatic heterocycles. The summed E-state index contributed by atoms with van der Waals surface area (Å²) in [6.45, 7) is 0. The van der Waals surface area contributed by atoms with Gasteiger partial charge in [0.05, 0.1) is 17.4 Å². The molecule has 0 fully saturated rings. The van der Waals surface area contributed by atoms with Crippen molar-refractivity contribution in [1.82, 2.24) is 4.89 Å². The molecule has 17 heavy (non-hydrogen) atoms. The Morgan fingerprint density at radius 1 is 1.18 bits per heavy atom. The lowest BCUT2D eigenvalue weighted by Crippen LogP contribution is -2.25. The Balaban J connectivity index is 2.74. The molecule has 1 aromatic rings. The van der Waals surface area contributed by atoms with E-state index in [-0.39, 0.29) is 11.1 Å². The van der Waals surface area contributed by atoms with Crippen LogP contribution >= 0.6 is 0 Å². The molecule has 92 valence electrons. The third kappa shape index (κ3) is 4.21. The van der Waals surface area contributed by atoms with E-state index in [4.69, 9.17) is 5.11 Å². The van der Waals surface area contributed by atoms with Crippen molar-refractivity contribution < 1.29 is 28.0 Å². The molecule has 8 heteroatoms. The summed E-state index contributed by atoms with van der Waals surface area (Å²) in [6.07, 6.45) is 0.827. The Morgan fingerprint density at radius 2 is 1.65 bits per heavy atom. The molecule has 0 aromatic heterocycles. The van der Waals surface area contributed by atoms with E-state index in [1.54, 1.807) is 4.89 Å². The first kappa shape index (κ1) is 13.1. The molecular formula is C9H9NO6S. The fourth-order valence-corrected chi connectivity index (χ4v) is 1.15. The normalized spacial score (nSPS) is 10.9. The summed E-state index contributed by atoms with van der Waals surface area (Å²) in [5.41, 5.74) is 0.0452. The number of hydrogen-bond acceptors (Lipinski definition) is 5. The van der Waals surface area contributed by atoms with Gasteiger partial charge in [0.1, 0.15) is 0 Å². The van der Waals surface area contributed by atoms with Crippen LogP contribution in [-0.2, 0) is 14.9 Å². The fourth-order valence-electron chi connectivity index (χ4n) is 0.921.